The van der Waals surface area contributed by atoms with Gasteiger partial charge in [-0.1, -0.05) is 102 Å². The monoisotopic (exact) mass is 518 g/mol. The van der Waals surface area contributed by atoms with Gasteiger partial charge < -0.3 is 20.1 Å². The fourth-order valence-corrected chi connectivity index (χ4v) is 3.97. The molecule has 37 heavy (non-hydrogen) atoms. The minimum atomic E-state index is 0.124. The fourth-order valence-electron chi connectivity index (χ4n) is 3.97. The number of rotatable bonds is 27. The molecule has 0 aromatic rings. The van der Waals surface area contributed by atoms with Crippen molar-refractivity contribution in [3.8, 4) is 23.7 Å². The zero-order valence-corrected chi connectivity index (χ0v) is 24.4. The van der Waals surface area contributed by atoms with Gasteiger partial charge in [-0.05, 0) is 38.2 Å². The molecule has 0 aromatic heterocycles. The molecule has 0 aliphatic rings. The number of carbonyl (C=O) groups is 1. The molecule has 2 N–H and O–H groups in total. The fraction of sp³-hybridized carbons (Fsp3) is 0.844. The van der Waals surface area contributed by atoms with Crippen LogP contribution in [0, 0.1) is 23.7 Å². The van der Waals surface area contributed by atoms with E-state index in [2.05, 4.69) is 41.2 Å². The molecule has 0 saturated carbocycles. The first-order chi connectivity index (χ1) is 18.3. The first kappa shape index (κ1) is 35.5. The highest BCUT2D eigenvalue weighted by Gasteiger charge is 2.00. The molecule has 5 heteroatoms. The Hall–Kier alpha value is -1.53. The van der Waals surface area contributed by atoms with Gasteiger partial charge >= 0.3 is 0 Å². The van der Waals surface area contributed by atoms with Crippen LogP contribution >= 0.6 is 0 Å². The molecule has 0 aliphatic heterocycles. The summed E-state index contributed by atoms with van der Waals surface area (Å²) in [7, 11) is 1.90. The van der Waals surface area contributed by atoms with Gasteiger partial charge in [0.05, 0.1) is 26.4 Å². The van der Waals surface area contributed by atoms with E-state index in [0.29, 0.717) is 39.4 Å². The summed E-state index contributed by atoms with van der Waals surface area (Å²) in [5.74, 6) is 12.5. The molecule has 0 unspecified atom stereocenters. The molecule has 214 valence electrons. The van der Waals surface area contributed by atoms with Gasteiger partial charge in [-0.25, -0.2) is 0 Å². The average Bonchev–Trinajstić information content (AvgIpc) is 2.90. The first-order valence-electron chi connectivity index (χ1n) is 15.3. The number of carbonyl (C=O) groups excluding carboxylic acids is 1. The third kappa shape index (κ3) is 32.4. The molecule has 0 heterocycles. The summed E-state index contributed by atoms with van der Waals surface area (Å²) < 4.78 is 10.8. The highest BCUT2D eigenvalue weighted by molar-refractivity contribution is 5.75. The van der Waals surface area contributed by atoms with E-state index in [1.807, 2.05) is 7.05 Å². The largest absolute Gasteiger partial charge is 0.378 e. The van der Waals surface area contributed by atoms with Crippen LogP contribution in [0.15, 0.2) is 0 Å². The van der Waals surface area contributed by atoms with Crippen molar-refractivity contribution < 1.29 is 14.3 Å². The number of unbranched alkanes of at least 4 members (excludes halogenated alkanes) is 16. The van der Waals surface area contributed by atoms with Crippen molar-refractivity contribution in [2.75, 3.05) is 46.6 Å². The van der Waals surface area contributed by atoms with Gasteiger partial charge in [0.2, 0.25) is 5.91 Å². The molecule has 0 fully saturated rings. The number of hydrogen-bond acceptors (Lipinski definition) is 4. The van der Waals surface area contributed by atoms with Crippen molar-refractivity contribution in [2.24, 2.45) is 0 Å². The second-order valence-corrected chi connectivity index (χ2v) is 9.84. The summed E-state index contributed by atoms with van der Waals surface area (Å²) >= 11 is 0. The van der Waals surface area contributed by atoms with Crippen molar-refractivity contribution >= 4 is 5.91 Å². The highest BCUT2D eigenvalue weighted by Crippen LogP contribution is 2.11. The van der Waals surface area contributed by atoms with E-state index in [-0.39, 0.29) is 5.91 Å². The van der Waals surface area contributed by atoms with E-state index in [1.165, 1.54) is 83.5 Å². The lowest BCUT2D eigenvalue weighted by molar-refractivity contribution is -0.121. The quantitative estimate of drug-likeness (QED) is 0.0928. The summed E-state index contributed by atoms with van der Waals surface area (Å²) in [5, 5.41) is 5.94. The maximum absolute atomic E-state index is 11.8. The van der Waals surface area contributed by atoms with Crippen LogP contribution in [0.3, 0.4) is 0 Å². The Balaban J connectivity index is 3.30. The molecule has 0 bridgehead atoms. The Bertz CT molecular complexity index is 601. The predicted molar refractivity (Wildman–Crippen MR) is 158 cm³/mol. The van der Waals surface area contributed by atoms with Crippen LogP contribution in [0.2, 0.25) is 0 Å². The zero-order chi connectivity index (χ0) is 26.9. The number of nitrogens with one attached hydrogen (secondary N) is 2. The summed E-state index contributed by atoms with van der Waals surface area (Å²) in [6, 6.07) is 0. The van der Waals surface area contributed by atoms with Gasteiger partial charge in [-0.2, -0.15) is 0 Å². The van der Waals surface area contributed by atoms with E-state index >= 15 is 0 Å². The number of likely N-dealkylation sites (N-methyl/N-ethyl adjacent to an activating group) is 1. The van der Waals surface area contributed by atoms with Crippen LogP contribution in [0.25, 0.3) is 0 Å². The Morgan fingerprint density at radius 2 is 1.05 bits per heavy atom. The molecular weight excluding hydrogens is 460 g/mol. The van der Waals surface area contributed by atoms with Gasteiger partial charge in [0, 0.05) is 32.4 Å². The summed E-state index contributed by atoms with van der Waals surface area (Å²) in [6.07, 6.45) is 23.1. The van der Waals surface area contributed by atoms with Crippen LogP contribution in [0.5, 0.6) is 0 Å². The minimum Gasteiger partial charge on any atom is -0.378 e. The van der Waals surface area contributed by atoms with Crippen molar-refractivity contribution in [1.82, 2.24) is 10.6 Å². The average molecular weight is 519 g/mol. The molecule has 0 aliphatic carbocycles. The van der Waals surface area contributed by atoms with E-state index in [9.17, 15) is 4.79 Å². The maximum Gasteiger partial charge on any atom is 0.220 e. The Morgan fingerprint density at radius 1 is 0.595 bits per heavy atom. The third-order valence-corrected chi connectivity index (χ3v) is 6.29. The summed E-state index contributed by atoms with van der Waals surface area (Å²) in [5.41, 5.74) is 0. The van der Waals surface area contributed by atoms with Gasteiger partial charge in [-0.15, -0.1) is 0 Å². The molecule has 5 nitrogen and oxygen atoms in total. The second kappa shape index (κ2) is 32.5. The van der Waals surface area contributed by atoms with Crippen molar-refractivity contribution in [1.29, 1.82) is 0 Å². The molecule has 0 spiro atoms. The number of amides is 1. The third-order valence-electron chi connectivity index (χ3n) is 6.29. The Morgan fingerprint density at radius 3 is 1.57 bits per heavy atom. The summed E-state index contributed by atoms with van der Waals surface area (Å²) in [6.45, 7) is 6.08. The van der Waals surface area contributed by atoms with Crippen LogP contribution in [0.4, 0.5) is 0 Å². The lowest BCUT2D eigenvalue weighted by Crippen LogP contribution is -2.27. The molecule has 0 atom stereocenters. The SMILES string of the molecule is CCCCCCCCCCCCC#CC#CCCCCCCCCC(=O)NCCOCCOCCNC. The predicted octanol–water partition coefficient (Wildman–Crippen LogP) is 6.79. The van der Waals surface area contributed by atoms with Crippen molar-refractivity contribution in [3.63, 3.8) is 0 Å². The smallest absolute Gasteiger partial charge is 0.220 e. The van der Waals surface area contributed by atoms with Gasteiger partial charge in [0.15, 0.2) is 0 Å². The number of hydrogen-bond donors (Lipinski definition) is 2. The van der Waals surface area contributed by atoms with Gasteiger partial charge in [-0.3, -0.25) is 4.79 Å². The van der Waals surface area contributed by atoms with E-state index < -0.39 is 0 Å². The molecule has 0 saturated heterocycles. The molecule has 0 rings (SSSR count). The van der Waals surface area contributed by atoms with E-state index in [1.54, 1.807) is 0 Å². The lowest BCUT2D eigenvalue weighted by Gasteiger charge is -2.07. The Kier molecular flexibility index (Phi) is 31.2. The minimum absolute atomic E-state index is 0.124. The number of ether oxygens (including phenoxy) is 2. The van der Waals surface area contributed by atoms with Crippen LogP contribution in [0.1, 0.15) is 129 Å². The normalized spacial score (nSPS) is 10.4. The zero-order valence-electron chi connectivity index (χ0n) is 24.4. The van der Waals surface area contributed by atoms with Gasteiger partial charge in [0.1, 0.15) is 0 Å². The van der Waals surface area contributed by atoms with Gasteiger partial charge in [0.25, 0.3) is 0 Å². The molecule has 0 aromatic carbocycles. The highest BCUT2D eigenvalue weighted by atomic mass is 16.5. The molecule has 0 radical (unpaired) electrons. The van der Waals surface area contributed by atoms with Crippen LogP contribution in [-0.4, -0.2) is 52.5 Å². The standard InChI is InChI=1S/C32H58N2O3/c1-3-4-5-6-7-8-9-10-11-12-13-14-15-16-17-18-19-20-21-22-23-24-25-32(35)34-27-29-37-31-30-36-28-26-33-2/h33H,3-13,18-31H2,1-2H3,(H,34,35). The first-order valence-corrected chi connectivity index (χ1v) is 15.3. The Labute approximate surface area is 230 Å². The van der Waals surface area contributed by atoms with Crippen molar-refractivity contribution in [3.05, 3.63) is 0 Å². The van der Waals surface area contributed by atoms with Crippen LogP contribution < -0.4 is 10.6 Å². The van der Waals surface area contributed by atoms with Crippen molar-refractivity contribution in [2.45, 2.75) is 129 Å². The topological polar surface area (TPSA) is 59.6 Å². The summed E-state index contributed by atoms with van der Waals surface area (Å²) in [4.78, 5) is 11.8. The second-order valence-electron chi connectivity index (χ2n) is 9.84. The maximum atomic E-state index is 11.8. The molecular formula is C32H58N2O3. The van der Waals surface area contributed by atoms with E-state index in [0.717, 1.165) is 38.6 Å². The lowest BCUT2D eigenvalue weighted by atomic mass is 10.1. The molecule has 1 amide bonds. The van der Waals surface area contributed by atoms with E-state index in [4.69, 9.17) is 9.47 Å². The van der Waals surface area contributed by atoms with Crippen LogP contribution in [-0.2, 0) is 14.3 Å².